The highest BCUT2D eigenvalue weighted by atomic mass is 19.1. The van der Waals surface area contributed by atoms with Gasteiger partial charge in [0, 0.05) is 31.1 Å². The maximum absolute atomic E-state index is 14.9. The molecule has 0 aliphatic carbocycles. The summed E-state index contributed by atoms with van der Waals surface area (Å²) in [7, 11) is 0. The Bertz CT molecular complexity index is 1420. The molecule has 41 heavy (non-hydrogen) atoms. The topological polar surface area (TPSA) is 82.0 Å². The Kier molecular flexibility index (Phi) is 8.23. The van der Waals surface area contributed by atoms with Crippen molar-refractivity contribution in [2.24, 2.45) is 0 Å². The Morgan fingerprint density at radius 3 is 2.46 bits per heavy atom. The lowest BCUT2D eigenvalue weighted by Crippen LogP contribution is -2.31. The van der Waals surface area contributed by atoms with Gasteiger partial charge in [-0.15, -0.1) is 0 Å². The summed E-state index contributed by atoms with van der Waals surface area (Å²) < 4.78 is 21.0. The van der Waals surface area contributed by atoms with Crippen molar-refractivity contribution in [3.63, 3.8) is 0 Å². The number of benzene rings is 2. The van der Waals surface area contributed by atoms with Crippen LogP contribution in [0.5, 0.6) is 11.8 Å². The van der Waals surface area contributed by atoms with Gasteiger partial charge in [0.25, 0.3) is 5.91 Å². The van der Waals surface area contributed by atoms with E-state index in [0.29, 0.717) is 58.1 Å². The number of ether oxygens (including phenoxy) is 1. The van der Waals surface area contributed by atoms with Crippen LogP contribution in [0, 0.1) is 5.82 Å². The van der Waals surface area contributed by atoms with E-state index in [9.17, 15) is 14.3 Å². The van der Waals surface area contributed by atoms with Gasteiger partial charge in [0.15, 0.2) is 0 Å². The maximum Gasteiger partial charge on any atom is 0.318 e. The van der Waals surface area contributed by atoms with E-state index < -0.39 is 0 Å². The van der Waals surface area contributed by atoms with E-state index in [1.807, 2.05) is 6.92 Å². The molecule has 0 spiro atoms. The van der Waals surface area contributed by atoms with E-state index in [0.717, 1.165) is 64.8 Å². The van der Waals surface area contributed by atoms with E-state index in [1.165, 1.54) is 25.3 Å². The van der Waals surface area contributed by atoms with Crippen molar-refractivity contribution in [1.29, 1.82) is 0 Å². The van der Waals surface area contributed by atoms with Crippen LogP contribution in [0.25, 0.3) is 10.8 Å². The first-order valence-electron chi connectivity index (χ1n) is 15.3. The lowest BCUT2D eigenvalue weighted by Gasteiger charge is -2.26. The van der Waals surface area contributed by atoms with Gasteiger partial charge in [0.2, 0.25) is 0 Å². The number of hydrogen-bond acceptors (Lipinski definition) is 7. The molecule has 0 radical (unpaired) electrons. The summed E-state index contributed by atoms with van der Waals surface area (Å²) in [4.78, 5) is 30.0. The zero-order valence-electron chi connectivity index (χ0n) is 24.0. The largest absolute Gasteiger partial charge is 0.508 e. The molecule has 3 aromatic rings. The molecule has 0 saturated carbocycles. The average Bonchev–Trinajstić information content (AvgIpc) is 3.13. The molecule has 0 atom stereocenters. The highest BCUT2D eigenvalue weighted by molar-refractivity contribution is 6.16. The fourth-order valence-electron chi connectivity index (χ4n) is 6.60. The number of rotatable bonds is 8. The molecule has 0 unspecified atom stereocenters. The molecule has 6 rings (SSSR count). The van der Waals surface area contributed by atoms with Crippen LogP contribution in [0.2, 0.25) is 0 Å². The Morgan fingerprint density at radius 2 is 1.71 bits per heavy atom. The molecule has 2 saturated heterocycles. The second-order valence-electron chi connectivity index (χ2n) is 11.5. The van der Waals surface area contributed by atoms with Crippen LogP contribution in [0.1, 0.15) is 79.9 Å². The number of carbonyl (C=O) groups is 1. The number of aryl methyl sites for hydroxylation is 1. The predicted molar refractivity (Wildman–Crippen MR) is 159 cm³/mol. The van der Waals surface area contributed by atoms with Crippen molar-refractivity contribution in [3.8, 4) is 11.8 Å². The molecule has 1 amide bonds. The number of phenols is 1. The lowest BCUT2D eigenvalue weighted by molar-refractivity contribution is 0.0997. The molecule has 1 aromatic heterocycles. The van der Waals surface area contributed by atoms with E-state index in [1.54, 1.807) is 23.1 Å². The number of nitrogens with zero attached hydrogens (tertiary/aromatic N) is 5. The molecule has 3 aliphatic rings. The van der Waals surface area contributed by atoms with Gasteiger partial charge in [0.1, 0.15) is 22.9 Å². The van der Waals surface area contributed by atoms with Crippen molar-refractivity contribution < 1.29 is 19.0 Å². The minimum Gasteiger partial charge on any atom is -0.508 e. The zero-order chi connectivity index (χ0) is 28.3. The lowest BCUT2D eigenvalue weighted by atomic mass is 9.99. The van der Waals surface area contributed by atoms with Gasteiger partial charge < -0.3 is 24.5 Å². The van der Waals surface area contributed by atoms with E-state index in [-0.39, 0.29) is 24.0 Å². The average molecular weight is 562 g/mol. The zero-order valence-corrected chi connectivity index (χ0v) is 24.0. The van der Waals surface area contributed by atoms with E-state index in [4.69, 9.17) is 14.7 Å². The Morgan fingerprint density at radius 1 is 0.976 bits per heavy atom. The third kappa shape index (κ3) is 5.69. The molecule has 218 valence electrons. The summed E-state index contributed by atoms with van der Waals surface area (Å²) in [6.07, 6.45) is 9.60. The summed E-state index contributed by atoms with van der Waals surface area (Å²) in [5.74, 6) is 0.110. The predicted octanol–water partition coefficient (Wildman–Crippen LogP) is 5.83. The number of halogens is 1. The van der Waals surface area contributed by atoms with E-state index in [2.05, 4.69) is 9.80 Å². The molecular weight excluding hydrogens is 521 g/mol. The second-order valence-corrected chi connectivity index (χ2v) is 11.5. The normalized spacial score (nSPS) is 18.1. The van der Waals surface area contributed by atoms with Gasteiger partial charge in [-0.05, 0) is 74.7 Å². The number of amides is 1. The van der Waals surface area contributed by atoms with Crippen molar-refractivity contribution in [2.45, 2.75) is 71.3 Å². The van der Waals surface area contributed by atoms with Gasteiger partial charge >= 0.3 is 6.01 Å². The highest BCUT2D eigenvalue weighted by Crippen LogP contribution is 2.41. The molecule has 0 bridgehead atoms. The summed E-state index contributed by atoms with van der Waals surface area (Å²) in [5, 5.41) is 11.9. The number of phenolic OH excluding ortho intramolecular Hbond substituents is 1. The number of piperidine rings is 1. The molecule has 9 heteroatoms. The third-order valence-electron chi connectivity index (χ3n) is 8.69. The number of aromatic nitrogens is 2. The van der Waals surface area contributed by atoms with Crippen LogP contribution < -0.4 is 14.5 Å². The molecule has 4 heterocycles. The van der Waals surface area contributed by atoms with Crippen LogP contribution >= 0.6 is 0 Å². The molecule has 8 nitrogen and oxygen atoms in total. The fourth-order valence-corrected chi connectivity index (χ4v) is 6.60. The quantitative estimate of drug-likeness (QED) is 0.347. The van der Waals surface area contributed by atoms with E-state index >= 15 is 0 Å². The molecule has 1 N–H and O–H groups in total. The van der Waals surface area contributed by atoms with Gasteiger partial charge in [-0.3, -0.25) is 4.79 Å². The SMILES string of the molecule is CCc1c(F)ccc2cc(O)cc(N3Cc4nc(OCCCN5CCCCC5)nc(N5CCCCCC5)c4C3=O)c12. The highest BCUT2D eigenvalue weighted by Gasteiger charge is 2.37. The standard InChI is InChI=1S/C32H40FN5O3/c1-2-24-25(33)12-11-22-19-23(39)20-27(28(22)24)38-21-26-29(31(38)40)30(37-16-8-3-4-9-17-37)35-32(34-26)41-18-10-15-36-13-6-5-7-14-36/h11-12,19-20,39H,2-10,13-18,21H2,1H3. The Hall–Kier alpha value is -3.46. The maximum atomic E-state index is 14.9. The van der Waals surface area contributed by atoms with Crippen LogP contribution in [0.3, 0.4) is 0 Å². The summed E-state index contributed by atoms with van der Waals surface area (Å²) in [6.45, 7) is 7.57. The number of anilines is 2. The fraction of sp³-hybridized carbons (Fsp3) is 0.531. The number of aromatic hydroxyl groups is 1. The first kappa shape index (κ1) is 27.7. The van der Waals surface area contributed by atoms with Crippen molar-refractivity contribution in [3.05, 3.63) is 46.9 Å². The number of fused-ring (bicyclic) bond motifs is 2. The summed E-state index contributed by atoms with van der Waals surface area (Å²) in [6, 6.07) is 6.55. The molecule has 2 aromatic carbocycles. The van der Waals surface area contributed by atoms with Crippen molar-refractivity contribution >= 4 is 28.2 Å². The third-order valence-corrected chi connectivity index (χ3v) is 8.69. The van der Waals surface area contributed by atoms with Crippen LogP contribution in [0.4, 0.5) is 15.9 Å². The van der Waals surface area contributed by atoms with Crippen LogP contribution in [0.15, 0.2) is 24.3 Å². The summed E-state index contributed by atoms with van der Waals surface area (Å²) >= 11 is 0. The number of likely N-dealkylation sites (tertiary alicyclic amines) is 1. The first-order valence-corrected chi connectivity index (χ1v) is 15.3. The van der Waals surface area contributed by atoms with Crippen LogP contribution in [-0.4, -0.2) is 65.2 Å². The molecular formula is C32H40FN5O3. The minimum atomic E-state index is -0.318. The molecule has 2 fully saturated rings. The van der Waals surface area contributed by atoms with Crippen LogP contribution in [-0.2, 0) is 13.0 Å². The van der Waals surface area contributed by atoms with Gasteiger partial charge in [-0.2, -0.15) is 9.97 Å². The molecule has 3 aliphatic heterocycles. The van der Waals surface area contributed by atoms with Gasteiger partial charge in [-0.1, -0.05) is 32.3 Å². The van der Waals surface area contributed by atoms with Crippen molar-refractivity contribution in [1.82, 2.24) is 14.9 Å². The first-order chi connectivity index (χ1) is 20.0. The second kappa shape index (κ2) is 12.2. The number of carbonyl (C=O) groups excluding carboxylic acids is 1. The van der Waals surface area contributed by atoms with Gasteiger partial charge in [-0.25, -0.2) is 4.39 Å². The Balaban J connectivity index is 1.33. The van der Waals surface area contributed by atoms with Crippen molar-refractivity contribution in [2.75, 3.05) is 49.1 Å². The number of hydrogen-bond donors (Lipinski definition) is 1. The summed E-state index contributed by atoms with van der Waals surface area (Å²) in [5.41, 5.74) is 2.11. The van der Waals surface area contributed by atoms with Gasteiger partial charge in [0.05, 0.1) is 24.5 Å². The minimum absolute atomic E-state index is 0.0291. The smallest absolute Gasteiger partial charge is 0.318 e. The monoisotopic (exact) mass is 561 g/mol. The Labute approximate surface area is 241 Å².